The van der Waals surface area contributed by atoms with Gasteiger partial charge in [0.25, 0.3) is 0 Å². The maximum Gasteiger partial charge on any atom is 0.247 e. The number of thioether (sulfide) groups is 1. The Balaban J connectivity index is 1.95. The first-order valence-electron chi connectivity index (χ1n) is 10.7. The Bertz CT molecular complexity index is 1460. The fourth-order valence-corrected chi connectivity index (χ4v) is 8.23. The normalized spacial score (nSPS) is 16.7. The Morgan fingerprint density at radius 2 is 1.70 bits per heavy atom. The number of carbonyl (C=O) groups excluding carboxylic acids is 1. The average molecular weight is 577 g/mol. The second-order valence-electron chi connectivity index (χ2n) is 9.04. The van der Waals surface area contributed by atoms with E-state index >= 15 is 0 Å². The number of anilines is 2. The van der Waals surface area contributed by atoms with E-state index in [-0.39, 0.29) is 49.1 Å². The van der Waals surface area contributed by atoms with Gasteiger partial charge in [-0.3, -0.25) is 4.79 Å². The molecule has 4 N–H and O–H groups in total. The van der Waals surface area contributed by atoms with Gasteiger partial charge in [0, 0.05) is 16.4 Å². The van der Waals surface area contributed by atoms with Crippen molar-refractivity contribution < 1.29 is 35.5 Å². The van der Waals surface area contributed by atoms with Gasteiger partial charge in [0.2, 0.25) is 26.0 Å². The Labute approximate surface area is 218 Å². The summed E-state index contributed by atoms with van der Waals surface area (Å²) in [5.74, 6) is -2.48. The number of nitrogens with two attached hydrogens (primary N) is 1. The van der Waals surface area contributed by atoms with Crippen LogP contribution in [-0.2, 0) is 30.4 Å². The number of nitrogens with one attached hydrogen (secondary N) is 1. The molecule has 202 valence electrons. The second kappa shape index (κ2) is 9.85. The molecule has 0 fully saturated rings. The molecule has 0 saturated carbocycles. The van der Waals surface area contributed by atoms with E-state index in [0.29, 0.717) is 0 Å². The van der Waals surface area contributed by atoms with Crippen LogP contribution in [0.2, 0.25) is 0 Å². The fraction of sp³-hybridized carbons (Fsp3) is 0.364. The molecule has 1 aromatic heterocycles. The van der Waals surface area contributed by atoms with Gasteiger partial charge in [-0.05, 0) is 57.0 Å². The van der Waals surface area contributed by atoms with Crippen LogP contribution in [0.1, 0.15) is 42.3 Å². The van der Waals surface area contributed by atoms with Crippen molar-refractivity contribution in [2.45, 2.75) is 38.0 Å². The third-order valence-corrected chi connectivity index (χ3v) is 9.92. The molecule has 37 heavy (non-hydrogen) atoms. The first kappa shape index (κ1) is 28.8. The highest BCUT2D eigenvalue weighted by atomic mass is 32.3. The topological polar surface area (TPSA) is 160 Å². The number of carbonyl (C=O) groups is 1. The van der Waals surface area contributed by atoms with E-state index in [4.69, 9.17) is 5.73 Å². The number of pyridine rings is 1. The molecule has 15 heteroatoms. The van der Waals surface area contributed by atoms with Gasteiger partial charge in [-0.1, -0.05) is 11.8 Å². The number of aryl methyl sites for hydroxylation is 1. The van der Waals surface area contributed by atoms with Crippen LogP contribution in [0.25, 0.3) is 0 Å². The summed E-state index contributed by atoms with van der Waals surface area (Å²) in [6.45, 7) is 4.18. The van der Waals surface area contributed by atoms with Gasteiger partial charge in [0.15, 0.2) is 0 Å². The molecule has 0 saturated heterocycles. The molecule has 0 spiro atoms. The number of primary amides is 1. The van der Waals surface area contributed by atoms with E-state index < -0.39 is 48.4 Å². The Hall–Kier alpha value is -2.75. The molecule has 1 aromatic carbocycles. The van der Waals surface area contributed by atoms with Crippen LogP contribution < -0.4 is 14.8 Å². The zero-order chi connectivity index (χ0) is 28.1. The summed E-state index contributed by atoms with van der Waals surface area (Å²) in [6, 6.07) is 4.59. The average Bonchev–Trinajstić information content (AvgIpc) is 3.10. The summed E-state index contributed by atoms with van der Waals surface area (Å²) in [4.78, 5) is 16.3. The molecule has 0 bridgehead atoms. The van der Waals surface area contributed by atoms with Crippen molar-refractivity contribution in [3.63, 3.8) is 0 Å². The highest BCUT2D eigenvalue weighted by Crippen LogP contribution is 2.49. The molecule has 1 aliphatic rings. The van der Waals surface area contributed by atoms with Crippen LogP contribution in [0.4, 0.5) is 20.3 Å². The Morgan fingerprint density at radius 3 is 2.14 bits per heavy atom. The molecule has 1 aliphatic heterocycles. The molecule has 0 radical (unpaired) electrons. The van der Waals surface area contributed by atoms with Gasteiger partial charge in [-0.25, -0.2) is 30.6 Å². The number of hydrogen-bond donors (Lipinski definition) is 3. The van der Waals surface area contributed by atoms with E-state index in [2.05, 4.69) is 10.3 Å². The number of nitrogens with zero attached hydrogens (tertiary/aromatic N) is 2. The highest BCUT2D eigenvalue weighted by molar-refractivity contribution is 8.09. The summed E-state index contributed by atoms with van der Waals surface area (Å²) >= 11 is 0.945. The van der Waals surface area contributed by atoms with E-state index in [1.807, 2.05) is 0 Å². The number of amides is 1. The zero-order valence-corrected chi connectivity index (χ0v) is 23.0. The van der Waals surface area contributed by atoms with E-state index in [1.54, 1.807) is 0 Å². The summed E-state index contributed by atoms with van der Waals surface area (Å²) < 4.78 is 78.4. The number of rotatable bonds is 8. The van der Waals surface area contributed by atoms with E-state index in [9.17, 15) is 35.5 Å². The number of aromatic nitrogens is 1. The third-order valence-electron chi connectivity index (χ3n) is 5.43. The number of halogens is 2. The van der Waals surface area contributed by atoms with Gasteiger partial charge < -0.3 is 16.2 Å². The van der Waals surface area contributed by atoms with Crippen molar-refractivity contribution in [2.24, 2.45) is 5.73 Å². The lowest BCUT2D eigenvalue weighted by Crippen LogP contribution is -2.35. The molecule has 2 heterocycles. The molecule has 2 aromatic rings. The maximum absolute atomic E-state index is 14.9. The largest absolute Gasteiger partial charge is 0.386 e. The van der Waals surface area contributed by atoms with Crippen molar-refractivity contribution in [3.05, 3.63) is 63.3 Å². The quantitative estimate of drug-likeness (QED) is 0.429. The van der Waals surface area contributed by atoms with Crippen LogP contribution in [-0.4, -0.2) is 45.3 Å². The third kappa shape index (κ3) is 6.22. The number of aliphatic hydroxyl groups is 1. The summed E-state index contributed by atoms with van der Waals surface area (Å²) in [5.41, 5.74) is 3.72. The second-order valence-corrected chi connectivity index (χ2v) is 14.2. The monoisotopic (exact) mass is 576 g/mol. The van der Waals surface area contributed by atoms with Crippen LogP contribution in [0.3, 0.4) is 0 Å². The van der Waals surface area contributed by atoms with Gasteiger partial charge >= 0.3 is 0 Å². The molecule has 1 unspecified atom stereocenters. The van der Waals surface area contributed by atoms with Gasteiger partial charge in [-0.2, -0.15) is 3.71 Å². The zero-order valence-electron chi connectivity index (χ0n) is 20.5. The summed E-state index contributed by atoms with van der Waals surface area (Å²) in [6.07, 6.45) is 1.39. The summed E-state index contributed by atoms with van der Waals surface area (Å²) in [7, 11) is -8.38. The van der Waals surface area contributed by atoms with Crippen LogP contribution in [0.5, 0.6) is 0 Å². The number of sulfonamides is 2. The fourth-order valence-electron chi connectivity index (χ4n) is 3.79. The summed E-state index contributed by atoms with van der Waals surface area (Å²) in [5, 5.41) is 12.3. The van der Waals surface area contributed by atoms with E-state index in [0.717, 1.165) is 36.4 Å². The predicted octanol–water partition coefficient (Wildman–Crippen LogP) is 2.61. The lowest BCUT2D eigenvalue weighted by molar-refractivity contribution is -0.114. The minimum Gasteiger partial charge on any atom is -0.386 e. The van der Waals surface area contributed by atoms with Crippen LogP contribution in [0.15, 0.2) is 34.9 Å². The van der Waals surface area contributed by atoms with Crippen molar-refractivity contribution in [2.75, 3.05) is 21.5 Å². The first-order valence-corrected chi connectivity index (χ1v) is 15.2. The molecule has 3 rings (SSSR count). The smallest absolute Gasteiger partial charge is 0.247 e. The first-order chi connectivity index (χ1) is 16.8. The lowest BCUT2D eigenvalue weighted by Gasteiger charge is -2.22. The number of benzene rings is 1. The molecular formula is C22H26F2N4O6S3. The van der Waals surface area contributed by atoms with E-state index in [1.165, 1.54) is 32.9 Å². The lowest BCUT2D eigenvalue weighted by atomic mass is 9.94. The van der Waals surface area contributed by atoms with Crippen molar-refractivity contribution in [3.8, 4) is 0 Å². The molecular weight excluding hydrogens is 550 g/mol. The Kier molecular flexibility index (Phi) is 7.67. The van der Waals surface area contributed by atoms with Gasteiger partial charge in [0.1, 0.15) is 17.5 Å². The maximum atomic E-state index is 14.9. The standard InChI is InChI=1S/C22H26F2N4O6S3/c1-11-16(28(36(4,31)32)37(5,33)34)6-7-18(26-11)27-21-13(20(25)29)10-17(35-21)19-14(23)8-12(9-15(19)24)22(2,3)30/h6-9,17,30H,10H2,1-5H3,(H2,25,29)(H,26,27). The van der Waals surface area contributed by atoms with Crippen molar-refractivity contribution in [1.29, 1.82) is 0 Å². The molecule has 10 nitrogen and oxygen atoms in total. The van der Waals surface area contributed by atoms with Crippen LogP contribution >= 0.6 is 11.8 Å². The highest BCUT2D eigenvalue weighted by Gasteiger charge is 2.35. The molecule has 0 aliphatic carbocycles. The minimum atomic E-state index is -4.19. The minimum absolute atomic E-state index is 0.0425. The van der Waals surface area contributed by atoms with Crippen molar-refractivity contribution in [1.82, 2.24) is 4.98 Å². The Morgan fingerprint density at radius 1 is 1.16 bits per heavy atom. The van der Waals surface area contributed by atoms with Gasteiger partial charge in [-0.15, -0.1) is 0 Å². The molecule has 1 amide bonds. The van der Waals surface area contributed by atoms with Crippen LogP contribution in [0, 0.1) is 18.6 Å². The predicted molar refractivity (Wildman–Crippen MR) is 138 cm³/mol. The SMILES string of the molecule is Cc1nc(NC2=C(C(N)=O)CC(c3c(F)cc(C(C)(C)O)cc3F)S2)ccc1N(S(C)(=O)=O)S(C)(=O)=O. The van der Waals surface area contributed by atoms with Crippen molar-refractivity contribution >= 4 is 49.2 Å². The van der Waals surface area contributed by atoms with Gasteiger partial charge in [0.05, 0.1) is 34.5 Å². The number of hydrogen-bond acceptors (Lipinski definition) is 9. The molecule has 1 atom stereocenters.